The second kappa shape index (κ2) is 3.77. The number of hydrogen-bond donors (Lipinski definition) is 2. The molecular weight excluding hydrogens is 138 g/mol. The minimum Gasteiger partial charge on any atom is -0.512 e. The highest BCUT2D eigenvalue weighted by Gasteiger charge is 2.18. The maximum absolute atomic E-state index is 9.63. The van der Waals surface area contributed by atoms with Gasteiger partial charge in [0.15, 0.2) is 0 Å². The first-order valence-corrected chi connectivity index (χ1v) is 4.40. The summed E-state index contributed by atoms with van der Waals surface area (Å²) in [5.74, 6) is 0.798. The lowest BCUT2D eigenvalue weighted by Gasteiger charge is -2.22. The van der Waals surface area contributed by atoms with Gasteiger partial charge in [0.05, 0.1) is 5.76 Å². The zero-order valence-electron chi connectivity index (χ0n) is 7.14. The minimum atomic E-state index is 0.213. The molecule has 0 radical (unpaired) electrons. The van der Waals surface area contributed by atoms with Crippen molar-refractivity contribution in [3.8, 4) is 0 Å². The molecule has 0 aliphatic heterocycles. The lowest BCUT2D eigenvalue weighted by atomic mass is 9.87. The van der Waals surface area contributed by atoms with Gasteiger partial charge < -0.3 is 10.8 Å². The van der Waals surface area contributed by atoms with Crippen LogP contribution < -0.4 is 5.73 Å². The lowest BCUT2D eigenvalue weighted by molar-refractivity contribution is 0.308. The minimum absolute atomic E-state index is 0.213. The molecule has 1 aliphatic carbocycles. The molecule has 1 fully saturated rings. The van der Waals surface area contributed by atoms with Crippen LogP contribution in [-0.4, -0.2) is 11.7 Å². The van der Waals surface area contributed by atoms with Crippen LogP contribution >= 0.6 is 0 Å². The average molecular weight is 155 g/mol. The molecule has 0 aromatic rings. The zero-order chi connectivity index (χ0) is 8.27. The number of nitrogens with two attached hydrogens (primary N) is 1. The molecule has 3 N–H and O–H groups in total. The van der Waals surface area contributed by atoms with Crippen molar-refractivity contribution in [1.29, 1.82) is 0 Å². The number of hydrogen-bond acceptors (Lipinski definition) is 2. The van der Waals surface area contributed by atoms with Crippen LogP contribution in [0.5, 0.6) is 0 Å². The summed E-state index contributed by atoms with van der Waals surface area (Å²) in [4.78, 5) is 0. The number of aliphatic hydroxyl groups excluding tert-OH is 1. The summed E-state index contributed by atoms with van der Waals surface area (Å²) >= 11 is 0. The normalized spacial score (nSPS) is 19.3. The maximum Gasteiger partial charge on any atom is 0.0957 e. The molecule has 0 bridgehead atoms. The second-order valence-electron chi connectivity index (χ2n) is 3.18. The Morgan fingerprint density at radius 2 is 2.27 bits per heavy atom. The highest BCUT2D eigenvalue weighted by molar-refractivity contribution is 5.16. The summed E-state index contributed by atoms with van der Waals surface area (Å²) in [5, 5.41) is 9.63. The number of allylic oxidation sites excluding steroid dienone is 1. The Morgan fingerprint density at radius 1 is 1.64 bits per heavy atom. The van der Waals surface area contributed by atoms with E-state index in [-0.39, 0.29) is 5.92 Å². The van der Waals surface area contributed by atoms with Crippen molar-refractivity contribution in [3.05, 3.63) is 11.3 Å². The fourth-order valence-electron chi connectivity index (χ4n) is 1.37. The zero-order valence-corrected chi connectivity index (χ0v) is 7.14. The van der Waals surface area contributed by atoms with Gasteiger partial charge in [-0.25, -0.2) is 0 Å². The molecule has 0 aromatic heterocycles. The molecule has 2 heteroatoms. The van der Waals surface area contributed by atoms with E-state index in [1.54, 1.807) is 0 Å². The summed E-state index contributed by atoms with van der Waals surface area (Å²) in [6, 6.07) is 0. The van der Waals surface area contributed by atoms with Gasteiger partial charge in [0.2, 0.25) is 0 Å². The van der Waals surface area contributed by atoms with E-state index in [0.29, 0.717) is 12.3 Å². The van der Waals surface area contributed by atoms with Crippen LogP contribution in [0.3, 0.4) is 0 Å². The van der Waals surface area contributed by atoms with Crippen LogP contribution in [0.15, 0.2) is 11.3 Å². The largest absolute Gasteiger partial charge is 0.512 e. The second-order valence-corrected chi connectivity index (χ2v) is 3.18. The Balaban J connectivity index is 2.55. The van der Waals surface area contributed by atoms with Crippen LogP contribution in [0.25, 0.3) is 0 Å². The maximum atomic E-state index is 9.63. The standard InChI is InChI=1S/C9H17NO/c1-2-7(6-10)9(11)8-4-3-5-8/h7,11H,2-6,10H2,1H3. The van der Waals surface area contributed by atoms with E-state index < -0.39 is 0 Å². The number of rotatable bonds is 3. The van der Waals surface area contributed by atoms with Gasteiger partial charge in [-0.15, -0.1) is 0 Å². The predicted octanol–water partition coefficient (Wildman–Crippen LogP) is 1.97. The van der Waals surface area contributed by atoms with Gasteiger partial charge in [-0.1, -0.05) is 6.92 Å². The van der Waals surface area contributed by atoms with Crippen molar-refractivity contribution in [1.82, 2.24) is 0 Å². The van der Waals surface area contributed by atoms with Crippen LogP contribution in [0.2, 0.25) is 0 Å². The molecule has 64 valence electrons. The Labute approximate surface area is 68.1 Å². The number of aliphatic hydroxyl groups is 1. The first-order valence-electron chi connectivity index (χ1n) is 4.40. The van der Waals surface area contributed by atoms with Gasteiger partial charge in [0.25, 0.3) is 0 Å². The van der Waals surface area contributed by atoms with Crippen molar-refractivity contribution in [3.63, 3.8) is 0 Å². The molecule has 1 atom stereocenters. The molecular formula is C9H17NO. The van der Waals surface area contributed by atoms with E-state index in [9.17, 15) is 5.11 Å². The van der Waals surface area contributed by atoms with E-state index in [1.165, 1.54) is 12.0 Å². The molecule has 0 heterocycles. The Hall–Kier alpha value is -0.500. The third kappa shape index (κ3) is 1.74. The van der Waals surface area contributed by atoms with E-state index in [4.69, 9.17) is 5.73 Å². The molecule has 1 saturated carbocycles. The van der Waals surface area contributed by atoms with Gasteiger partial charge in [0, 0.05) is 12.5 Å². The van der Waals surface area contributed by atoms with Gasteiger partial charge >= 0.3 is 0 Å². The van der Waals surface area contributed by atoms with Crippen LogP contribution in [-0.2, 0) is 0 Å². The summed E-state index contributed by atoms with van der Waals surface area (Å²) in [5.41, 5.74) is 6.74. The first-order chi connectivity index (χ1) is 5.29. The monoisotopic (exact) mass is 155 g/mol. The summed E-state index contributed by atoms with van der Waals surface area (Å²) in [6.07, 6.45) is 4.36. The van der Waals surface area contributed by atoms with E-state index in [1.807, 2.05) is 0 Å². The summed E-state index contributed by atoms with van der Waals surface area (Å²) in [7, 11) is 0. The van der Waals surface area contributed by atoms with Crippen molar-refractivity contribution >= 4 is 0 Å². The molecule has 0 amide bonds. The predicted molar refractivity (Wildman–Crippen MR) is 46.3 cm³/mol. The van der Waals surface area contributed by atoms with Crippen molar-refractivity contribution in [2.24, 2.45) is 11.7 Å². The van der Waals surface area contributed by atoms with Gasteiger partial charge in [-0.3, -0.25) is 0 Å². The molecule has 1 rings (SSSR count). The van der Waals surface area contributed by atoms with Gasteiger partial charge in [0.1, 0.15) is 0 Å². The fraction of sp³-hybridized carbons (Fsp3) is 0.778. The Bertz CT molecular complexity index is 153. The SMILES string of the molecule is CCC(CN)C(O)=C1CCC1. The third-order valence-electron chi connectivity index (χ3n) is 2.48. The van der Waals surface area contributed by atoms with E-state index in [2.05, 4.69) is 6.92 Å². The van der Waals surface area contributed by atoms with Crippen LogP contribution in [0.4, 0.5) is 0 Å². The topological polar surface area (TPSA) is 46.2 Å². The van der Waals surface area contributed by atoms with Crippen LogP contribution in [0.1, 0.15) is 32.6 Å². The van der Waals surface area contributed by atoms with Crippen molar-refractivity contribution < 1.29 is 5.11 Å². The lowest BCUT2D eigenvalue weighted by Crippen LogP contribution is -2.18. The third-order valence-corrected chi connectivity index (χ3v) is 2.48. The molecule has 0 aromatic carbocycles. The van der Waals surface area contributed by atoms with Gasteiger partial charge in [-0.05, 0) is 31.3 Å². The molecule has 1 unspecified atom stereocenters. The Morgan fingerprint density at radius 3 is 2.55 bits per heavy atom. The molecule has 11 heavy (non-hydrogen) atoms. The van der Waals surface area contributed by atoms with E-state index in [0.717, 1.165) is 19.3 Å². The summed E-state index contributed by atoms with van der Waals surface area (Å²) < 4.78 is 0. The highest BCUT2D eigenvalue weighted by atomic mass is 16.3. The van der Waals surface area contributed by atoms with Crippen molar-refractivity contribution in [2.75, 3.05) is 6.54 Å². The highest BCUT2D eigenvalue weighted by Crippen LogP contribution is 2.31. The Kier molecular flexibility index (Phi) is 2.94. The quantitative estimate of drug-likeness (QED) is 0.612. The van der Waals surface area contributed by atoms with Gasteiger partial charge in [-0.2, -0.15) is 0 Å². The van der Waals surface area contributed by atoms with Crippen LogP contribution in [0, 0.1) is 5.92 Å². The first kappa shape index (κ1) is 8.60. The smallest absolute Gasteiger partial charge is 0.0957 e. The summed E-state index contributed by atoms with van der Waals surface area (Å²) in [6.45, 7) is 2.64. The molecule has 0 saturated heterocycles. The molecule has 0 spiro atoms. The van der Waals surface area contributed by atoms with Crippen molar-refractivity contribution in [2.45, 2.75) is 32.6 Å². The average Bonchev–Trinajstić information content (AvgIpc) is 1.86. The molecule has 1 aliphatic rings. The van der Waals surface area contributed by atoms with E-state index >= 15 is 0 Å². The fourth-order valence-corrected chi connectivity index (χ4v) is 1.37. The molecule has 2 nitrogen and oxygen atoms in total.